The minimum atomic E-state index is 0.578. The molecule has 0 aliphatic carbocycles. The molecule has 0 N–H and O–H groups in total. The summed E-state index contributed by atoms with van der Waals surface area (Å²) in [4.78, 5) is 3.83. The summed E-state index contributed by atoms with van der Waals surface area (Å²) < 4.78 is 1.69. The second-order valence-electron chi connectivity index (χ2n) is 2.76. The van der Waals surface area contributed by atoms with Crippen molar-refractivity contribution in [2.45, 2.75) is 6.54 Å². The molecular formula is C11H9N3. The average molecular weight is 183 g/mol. The topological polar surface area (TPSA) is 30.7 Å². The quantitative estimate of drug-likeness (QED) is 0.624. The van der Waals surface area contributed by atoms with Crippen LogP contribution in [0.3, 0.4) is 0 Å². The lowest BCUT2D eigenvalue weighted by Gasteiger charge is -1.89. The summed E-state index contributed by atoms with van der Waals surface area (Å²) in [5, 5.41) is 3.95. The molecule has 0 fully saturated rings. The monoisotopic (exact) mass is 183 g/mol. The van der Waals surface area contributed by atoms with Crippen LogP contribution in [0, 0.1) is 11.8 Å². The van der Waals surface area contributed by atoms with Gasteiger partial charge in [-0.2, -0.15) is 5.10 Å². The lowest BCUT2D eigenvalue weighted by atomic mass is 10.2. The van der Waals surface area contributed by atoms with E-state index in [4.69, 9.17) is 0 Å². The van der Waals surface area contributed by atoms with E-state index in [-0.39, 0.29) is 0 Å². The fraction of sp³-hybridized carbons (Fsp3) is 0.0909. The predicted octanol–water partition coefficient (Wildman–Crippen LogP) is 1.33. The molecule has 0 aliphatic heterocycles. The van der Waals surface area contributed by atoms with E-state index in [2.05, 4.69) is 21.9 Å². The van der Waals surface area contributed by atoms with E-state index >= 15 is 0 Å². The van der Waals surface area contributed by atoms with E-state index in [0.29, 0.717) is 6.54 Å². The largest absolute Gasteiger partial charge is 0.241 e. The Morgan fingerprint density at radius 1 is 1.21 bits per heavy atom. The fourth-order valence-corrected chi connectivity index (χ4v) is 1.06. The first-order chi connectivity index (χ1) is 6.95. The summed E-state index contributed by atoms with van der Waals surface area (Å²) in [5.41, 5.74) is 1.02. The summed E-state index contributed by atoms with van der Waals surface area (Å²) in [6.07, 6.45) is 3.16. The molecule has 0 saturated carbocycles. The van der Waals surface area contributed by atoms with Gasteiger partial charge in [0.15, 0.2) is 0 Å². The highest BCUT2D eigenvalue weighted by Crippen LogP contribution is 1.94. The molecule has 1 aromatic heterocycles. The summed E-state index contributed by atoms with van der Waals surface area (Å²) in [7, 11) is 0. The molecule has 3 heteroatoms. The maximum absolute atomic E-state index is 3.95. The molecule has 0 aliphatic rings. The predicted molar refractivity (Wildman–Crippen MR) is 53.3 cm³/mol. The van der Waals surface area contributed by atoms with Crippen molar-refractivity contribution in [3.8, 4) is 11.8 Å². The van der Waals surface area contributed by atoms with Crippen molar-refractivity contribution in [2.24, 2.45) is 0 Å². The zero-order valence-electron chi connectivity index (χ0n) is 7.59. The van der Waals surface area contributed by atoms with Gasteiger partial charge in [-0.15, -0.1) is 0 Å². The van der Waals surface area contributed by atoms with Crippen LogP contribution in [-0.2, 0) is 6.54 Å². The van der Waals surface area contributed by atoms with E-state index in [9.17, 15) is 0 Å². The number of hydrogen-bond acceptors (Lipinski definition) is 2. The Bertz CT molecular complexity index is 434. The highest BCUT2D eigenvalue weighted by atomic mass is 15.3. The van der Waals surface area contributed by atoms with Crippen LogP contribution in [0.15, 0.2) is 43.0 Å². The first kappa shape index (κ1) is 8.52. The smallest absolute Gasteiger partial charge is 0.137 e. The van der Waals surface area contributed by atoms with Gasteiger partial charge in [-0.05, 0) is 12.1 Å². The van der Waals surface area contributed by atoms with Gasteiger partial charge in [-0.3, -0.25) is 0 Å². The molecule has 3 nitrogen and oxygen atoms in total. The number of nitrogens with zero attached hydrogens (tertiary/aromatic N) is 3. The van der Waals surface area contributed by atoms with E-state index in [1.165, 1.54) is 6.33 Å². The standard InChI is InChI=1S/C11H9N3/c1-2-5-11(6-3-1)7-4-8-14-10-12-9-13-14/h1-3,5-6,9-10H,8H2. The molecule has 0 bridgehead atoms. The van der Waals surface area contributed by atoms with Crippen molar-refractivity contribution in [2.75, 3.05) is 0 Å². The van der Waals surface area contributed by atoms with Crippen molar-refractivity contribution in [1.82, 2.24) is 14.8 Å². The third-order valence-corrected chi connectivity index (χ3v) is 1.71. The van der Waals surface area contributed by atoms with E-state index < -0.39 is 0 Å². The Balaban J connectivity index is 2.02. The molecule has 0 unspecified atom stereocenters. The Hall–Kier alpha value is -2.08. The molecule has 2 rings (SSSR count). The van der Waals surface area contributed by atoms with Crippen LogP contribution >= 0.6 is 0 Å². The second kappa shape index (κ2) is 4.24. The first-order valence-electron chi connectivity index (χ1n) is 4.31. The normalized spacial score (nSPS) is 9.14. The highest BCUT2D eigenvalue weighted by molar-refractivity contribution is 5.33. The number of aromatic nitrogens is 3. The van der Waals surface area contributed by atoms with E-state index in [1.54, 1.807) is 11.0 Å². The Kier molecular flexibility index (Phi) is 2.58. The minimum absolute atomic E-state index is 0.578. The summed E-state index contributed by atoms with van der Waals surface area (Å²) in [6.45, 7) is 0.578. The summed E-state index contributed by atoms with van der Waals surface area (Å²) in [5.74, 6) is 6.06. The third-order valence-electron chi connectivity index (χ3n) is 1.71. The van der Waals surface area contributed by atoms with Gasteiger partial charge in [0.25, 0.3) is 0 Å². The third kappa shape index (κ3) is 2.20. The van der Waals surface area contributed by atoms with Gasteiger partial charge < -0.3 is 0 Å². The molecular weight excluding hydrogens is 174 g/mol. The number of benzene rings is 1. The van der Waals surface area contributed by atoms with Crippen LogP contribution < -0.4 is 0 Å². The average Bonchev–Trinajstić information content (AvgIpc) is 2.72. The van der Waals surface area contributed by atoms with Crippen LogP contribution in [0.4, 0.5) is 0 Å². The van der Waals surface area contributed by atoms with Crippen LogP contribution in [0.2, 0.25) is 0 Å². The van der Waals surface area contributed by atoms with E-state index in [1.807, 2.05) is 30.3 Å². The highest BCUT2D eigenvalue weighted by Gasteiger charge is 1.84. The maximum atomic E-state index is 3.95. The Morgan fingerprint density at radius 3 is 2.79 bits per heavy atom. The number of hydrogen-bond donors (Lipinski definition) is 0. The molecule has 0 spiro atoms. The SMILES string of the molecule is C(#Cc1ccccc1)Cn1cncn1. The summed E-state index contributed by atoms with van der Waals surface area (Å²) >= 11 is 0. The summed E-state index contributed by atoms with van der Waals surface area (Å²) in [6, 6.07) is 9.88. The van der Waals surface area contributed by atoms with Crippen LogP contribution in [-0.4, -0.2) is 14.8 Å². The lowest BCUT2D eigenvalue weighted by molar-refractivity contribution is 0.713. The molecule has 1 heterocycles. The zero-order chi connectivity index (χ0) is 9.64. The number of rotatable bonds is 1. The van der Waals surface area contributed by atoms with Gasteiger partial charge in [-0.1, -0.05) is 30.0 Å². The molecule has 0 radical (unpaired) electrons. The second-order valence-corrected chi connectivity index (χ2v) is 2.76. The lowest BCUT2D eigenvalue weighted by Crippen LogP contribution is -1.94. The van der Waals surface area contributed by atoms with Crippen LogP contribution in [0.25, 0.3) is 0 Å². The first-order valence-corrected chi connectivity index (χ1v) is 4.31. The van der Waals surface area contributed by atoms with Gasteiger partial charge >= 0.3 is 0 Å². The fourth-order valence-electron chi connectivity index (χ4n) is 1.06. The molecule has 0 amide bonds. The minimum Gasteiger partial charge on any atom is -0.241 e. The van der Waals surface area contributed by atoms with Crippen molar-refractivity contribution in [3.63, 3.8) is 0 Å². The molecule has 0 saturated heterocycles. The van der Waals surface area contributed by atoms with Gasteiger partial charge in [-0.25, -0.2) is 9.67 Å². The van der Waals surface area contributed by atoms with E-state index in [0.717, 1.165) is 5.56 Å². The molecule has 68 valence electrons. The Morgan fingerprint density at radius 2 is 2.07 bits per heavy atom. The van der Waals surface area contributed by atoms with Gasteiger partial charge in [0.1, 0.15) is 19.2 Å². The molecule has 0 atom stereocenters. The Labute approximate surface area is 82.4 Å². The van der Waals surface area contributed by atoms with Crippen molar-refractivity contribution in [3.05, 3.63) is 48.5 Å². The molecule has 14 heavy (non-hydrogen) atoms. The van der Waals surface area contributed by atoms with Crippen molar-refractivity contribution >= 4 is 0 Å². The maximum Gasteiger partial charge on any atom is 0.137 e. The molecule has 2 aromatic rings. The zero-order valence-corrected chi connectivity index (χ0v) is 7.59. The van der Waals surface area contributed by atoms with Crippen molar-refractivity contribution in [1.29, 1.82) is 0 Å². The molecule has 1 aromatic carbocycles. The van der Waals surface area contributed by atoms with Gasteiger partial charge in [0, 0.05) is 5.56 Å². The van der Waals surface area contributed by atoms with Crippen LogP contribution in [0.5, 0.6) is 0 Å². The van der Waals surface area contributed by atoms with Crippen molar-refractivity contribution < 1.29 is 0 Å². The van der Waals surface area contributed by atoms with Crippen LogP contribution in [0.1, 0.15) is 5.56 Å². The van der Waals surface area contributed by atoms with Gasteiger partial charge in [0.2, 0.25) is 0 Å². The van der Waals surface area contributed by atoms with Gasteiger partial charge in [0.05, 0.1) is 0 Å².